The Kier molecular flexibility index (Phi) is 2.87. The van der Waals surface area contributed by atoms with Gasteiger partial charge in [-0.2, -0.15) is 8.42 Å². The van der Waals surface area contributed by atoms with Crippen molar-refractivity contribution in [2.45, 2.75) is 4.90 Å². The van der Waals surface area contributed by atoms with E-state index in [2.05, 4.69) is 0 Å². The van der Waals surface area contributed by atoms with E-state index in [1.165, 1.54) is 18.2 Å². The van der Waals surface area contributed by atoms with Gasteiger partial charge in [-0.15, -0.1) is 0 Å². The SMILES string of the molecule is O=S(=O)(O)c1c(O)cccc1-c1ccccc1. The Labute approximate surface area is 98.9 Å². The van der Waals surface area contributed by atoms with E-state index in [-0.39, 0.29) is 5.56 Å². The molecule has 2 aromatic rings. The summed E-state index contributed by atoms with van der Waals surface area (Å²) in [6.07, 6.45) is 0. The van der Waals surface area contributed by atoms with Crippen LogP contribution in [-0.4, -0.2) is 18.1 Å². The van der Waals surface area contributed by atoms with E-state index in [9.17, 15) is 13.5 Å². The first-order valence-corrected chi connectivity index (χ1v) is 6.29. The third kappa shape index (κ3) is 2.30. The van der Waals surface area contributed by atoms with Crippen LogP contribution in [0.2, 0.25) is 0 Å². The van der Waals surface area contributed by atoms with E-state index >= 15 is 0 Å². The van der Waals surface area contributed by atoms with Crippen LogP contribution in [-0.2, 0) is 10.1 Å². The third-order valence-corrected chi connectivity index (χ3v) is 3.28. The molecule has 0 radical (unpaired) electrons. The van der Waals surface area contributed by atoms with Crippen LogP contribution >= 0.6 is 0 Å². The molecule has 0 aliphatic rings. The highest BCUT2D eigenvalue weighted by Crippen LogP contribution is 2.33. The third-order valence-electron chi connectivity index (χ3n) is 2.34. The first-order valence-electron chi connectivity index (χ1n) is 4.85. The smallest absolute Gasteiger partial charge is 0.298 e. The van der Waals surface area contributed by atoms with Crippen molar-refractivity contribution in [1.29, 1.82) is 0 Å². The van der Waals surface area contributed by atoms with Gasteiger partial charge in [0.25, 0.3) is 10.1 Å². The van der Waals surface area contributed by atoms with E-state index in [4.69, 9.17) is 4.55 Å². The average molecular weight is 250 g/mol. The van der Waals surface area contributed by atoms with Gasteiger partial charge >= 0.3 is 0 Å². The van der Waals surface area contributed by atoms with Crippen molar-refractivity contribution in [3.63, 3.8) is 0 Å². The zero-order chi connectivity index (χ0) is 12.5. The van der Waals surface area contributed by atoms with Crippen molar-refractivity contribution < 1.29 is 18.1 Å². The van der Waals surface area contributed by atoms with Crippen LogP contribution in [0.25, 0.3) is 11.1 Å². The van der Waals surface area contributed by atoms with Gasteiger partial charge in [0.15, 0.2) is 0 Å². The summed E-state index contributed by atoms with van der Waals surface area (Å²) >= 11 is 0. The lowest BCUT2D eigenvalue weighted by Gasteiger charge is -2.08. The number of phenolic OH excluding ortho intramolecular Hbond substituents is 1. The predicted octanol–water partition coefficient (Wildman–Crippen LogP) is 2.31. The first-order chi connectivity index (χ1) is 8.00. The van der Waals surface area contributed by atoms with Crippen LogP contribution in [0.1, 0.15) is 0 Å². The topological polar surface area (TPSA) is 74.6 Å². The van der Waals surface area contributed by atoms with Crippen molar-refractivity contribution in [2.24, 2.45) is 0 Å². The second-order valence-electron chi connectivity index (χ2n) is 3.49. The molecule has 88 valence electrons. The van der Waals surface area contributed by atoms with Gasteiger partial charge in [0.2, 0.25) is 0 Å². The highest BCUT2D eigenvalue weighted by atomic mass is 32.2. The molecule has 5 heteroatoms. The van der Waals surface area contributed by atoms with Crippen LogP contribution in [0, 0.1) is 0 Å². The summed E-state index contributed by atoms with van der Waals surface area (Å²) in [5.74, 6) is -0.464. The van der Waals surface area contributed by atoms with Gasteiger partial charge in [0.05, 0.1) is 0 Å². The summed E-state index contributed by atoms with van der Waals surface area (Å²) in [5, 5.41) is 9.55. The summed E-state index contributed by atoms with van der Waals surface area (Å²) < 4.78 is 31.6. The van der Waals surface area contributed by atoms with Crippen LogP contribution in [0.3, 0.4) is 0 Å². The zero-order valence-corrected chi connectivity index (χ0v) is 9.55. The molecule has 2 rings (SSSR count). The van der Waals surface area contributed by atoms with Gasteiger partial charge in [-0.25, -0.2) is 0 Å². The molecule has 17 heavy (non-hydrogen) atoms. The van der Waals surface area contributed by atoms with Crippen molar-refractivity contribution in [1.82, 2.24) is 0 Å². The van der Waals surface area contributed by atoms with Gasteiger partial charge in [0, 0.05) is 5.56 Å². The molecule has 0 fully saturated rings. The fourth-order valence-electron chi connectivity index (χ4n) is 1.64. The number of aromatic hydroxyl groups is 1. The maximum Gasteiger partial charge on any atom is 0.298 e. The molecular weight excluding hydrogens is 240 g/mol. The molecular formula is C12H10O4S. The number of hydrogen-bond acceptors (Lipinski definition) is 3. The number of hydrogen-bond donors (Lipinski definition) is 2. The Hall–Kier alpha value is -1.85. The quantitative estimate of drug-likeness (QED) is 0.802. The molecule has 0 aliphatic heterocycles. The fourth-order valence-corrected chi connectivity index (χ4v) is 2.44. The Bertz CT molecular complexity index is 633. The lowest BCUT2D eigenvalue weighted by atomic mass is 10.1. The first kappa shape index (κ1) is 11.6. The van der Waals surface area contributed by atoms with Crippen LogP contribution in [0.15, 0.2) is 53.4 Å². The highest BCUT2D eigenvalue weighted by molar-refractivity contribution is 7.86. The molecule has 2 N–H and O–H groups in total. The number of benzene rings is 2. The summed E-state index contributed by atoms with van der Waals surface area (Å²) in [6, 6.07) is 12.9. The molecule has 0 saturated carbocycles. The Morgan fingerprint density at radius 2 is 1.53 bits per heavy atom. The lowest BCUT2D eigenvalue weighted by Crippen LogP contribution is -2.01. The van der Waals surface area contributed by atoms with E-state index in [1.807, 2.05) is 0 Å². The summed E-state index contributed by atoms with van der Waals surface area (Å²) in [4.78, 5) is -0.466. The second-order valence-corrected chi connectivity index (χ2v) is 4.85. The molecule has 0 saturated heterocycles. The molecule has 0 heterocycles. The van der Waals surface area contributed by atoms with Crippen molar-refractivity contribution in [2.75, 3.05) is 0 Å². The minimum atomic E-state index is -4.46. The highest BCUT2D eigenvalue weighted by Gasteiger charge is 2.20. The Balaban J connectivity index is 2.76. The average Bonchev–Trinajstić information content (AvgIpc) is 2.28. The maximum atomic E-state index is 11.2. The lowest BCUT2D eigenvalue weighted by molar-refractivity contribution is 0.444. The van der Waals surface area contributed by atoms with Gasteiger partial charge in [-0.3, -0.25) is 4.55 Å². The molecule has 0 aromatic heterocycles. The van der Waals surface area contributed by atoms with Crippen molar-refractivity contribution in [3.8, 4) is 16.9 Å². The fraction of sp³-hybridized carbons (Fsp3) is 0. The summed E-state index contributed by atoms with van der Waals surface area (Å²) in [5.41, 5.74) is 0.879. The monoisotopic (exact) mass is 250 g/mol. The molecule has 2 aromatic carbocycles. The summed E-state index contributed by atoms with van der Waals surface area (Å²) in [7, 11) is -4.46. The van der Waals surface area contributed by atoms with E-state index in [0.717, 1.165) is 0 Å². The van der Waals surface area contributed by atoms with E-state index < -0.39 is 20.8 Å². The standard InChI is InChI=1S/C12H10O4S/c13-11-8-4-7-10(12(11)17(14,15)16)9-5-2-1-3-6-9/h1-8,13H,(H,14,15,16). The maximum absolute atomic E-state index is 11.2. The largest absolute Gasteiger partial charge is 0.506 e. The number of phenols is 1. The molecule has 0 amide bonds. The minimum Gasteiger partial charge on any atom is -0.506 e. The summed E-state index contributed by atoms with van der Waals surface area (Å²) in [6.45, 7) is 0. The van der Waals surface area contributed by atoms with Crippen LogP contribution < -0.4 is 0 Å². The Morgan fingerprint density at radius 1 is 0.882 bits per heavy atom. The molecule has 0 bridgehead atoms. The number of rotatable bonds is 2. The normalized spacial score (nSPS) is 11.4. The minimum absolute atomic E-state index is 0.271. The van der Waals surface area contributed by atoms with Gasteiger partial charge in [-0.05, 0) is 11.6 Å². The van der Waals surface area contributed by atoms with Gasteiger partial charge in [-0.1, -0.05) is 42.5 Å². The molecule has 0 aliphatic carbocycles. The van der Waals surface area contributed by atoms with Crippen LogP contribution in [0.5, 0.6) is 5.75 Å². The van der Waals surface area contributed by atoms with Crippen molar-refractivity contribution in [3.05, 3.63) is 48.5 Å². The Morgan fingerprint density at radius 3 is 2.12 bits per heavy atom. The molecule has 4 nitrogen and oxygen atoms in total. The zero-order valence-electron chi connectivity index (χ0n) is 8.74. The van der Waals surface area contributed by atoms with Crippen LogP contribution in [0.4, 0.5) is 0 Å². The molecule has 0 unspecified atom stereocenters. The second kappa shape index (κ2) is 4.20. The molecule has 0 spiro atoms. The van der Waals surface area contributed by atoms with E-state index in [0.29, 0.717) is 5.56 Å². The predicted molar refractivity (Wildman–Crippen MR) is 63.4 cm³/mol. The molecule has 0 atom stereocenters. The van der Waals surface area contributed by atoms with Gasteiger partial charge < -0.3 is 5.11 Å². The van der Waals surface area contributed by atoms with E-state index in [1.54, 1.807) is 30.3 Å². The van der Waals surface area contributed by atoms with Crippen molar-refractivity contribution >= 4 is 10.1 Å². The van der Waals surface area contributed by atoms with Gasteiger partial charge in [0.1, 0.15) is 10.6 Å².